The number of para-hydroxylation sites is 1. The molecule has 4 fully saturated rings. The molecule has 0 aromatic heterocycles. The van der Waals surface area contributed by atoms with Gasteiger partial charge in [-0.25, -0.2) is 0 Å². The van der Waals surface area contributed by atoms with Crippen LogP contribution in [-0.2, 0) is 11.3 Å². The topological polar surface area (TPSA) is 33.7 Å². The first kappa shape index (κ1) is 21.8. The van der Waals surface area contributed by atoms with E-state index in [0.717, 1.165) is 25.5 Å². The molecule has 0 radical (unpaired) electrons. The molecule has 176 valence electrons. The minimum Gasteiger partial charge on any atom is -0.496 e. The molecule has 4 aliphatic heterocycles. The van der Waals surface area contributed by atoms with Crippen molar-refractivity contribution in [2.24, 2.45) is 5.92 Å². The van der Waals surface area contributed by atoms with E-state index in [2.05, 4.69) is 89.1 Å². The van der Waals surface area contributed by atoms with Crippen LogP contribution in [0, 0.1) is 5.92 Å². The molecule has 4 saturated heterocycles. The first-order valence-electron chi connectivity index (χ1n) is 12.6. The molecule has 0 aliphatic carbocycles. The van der Waals surface area contributed by atoms with Crippen LogP contribution < -0.4 is 10.1 Å². The Kier molecular flexibility index (Phi) is 6.13. The highest BCUT2D eigenvalue weighted by Crippen LogP contribution is 2.48. The molecule has 7 rings (SSSR count). The van der Waals surface area contributed by atoms with Crippen LogP contribution in [0.1, 0.15) is 35.4 Å². The second-order valence-corrected chi connectivity index (χ2v) is 10.0. The Morgan fingerprint density at radius 1 is 0.853 bits per heavy atom. The molecule has 4 heteroatoms. The number of hydrogen-bond acceptors (Lipinski definition) is 4. The van der Waals surface area contributed by atoms with E-state index in [0.29, 0.717) is 36.0 Å². The maximum atomic E-state index is 6.04. The van der Waals surface area contributed by atoms with Crippen LogP contribution in [0.15, 0.2) is 84.9 Å². The van der Waals surface area contributed by atoms with Gasteiger partial charge in [0.15, 0.2) is 0 Å². The van der Waals surface area contributed by atoms with Crippen LogP contribution in [-0.4, -0.2) is 49.4 Å². The number of piperidine rings is 3. The molecule has 4 heterocycles. The summed E-state index contributed by atoms with van der Waals surface area (Å²) < 4.78 is 11.7. The van der Waals surface area contributed by atoms with E-state index in [-0.39, 0.29) is 0 Å². The number of rotatable bonds is 7. The summed E-state index contributed by atoms with van der Waals surface area (Å²) in [5, 5.41) is 4.04. The number of ether oxygens (including phenoxy) is 2. The summed E-state index contributed by atoms with van der Waals surface area (Å²) in [5.41, 5.74) is 4.02. The fraction of sp³-hybridized carbons (Fsp3) is 0.400. The van der Waals surface area contributed by atoms with Gasteiger partial charge in [0.25, 0.3) is 0 Å². The average molecular weight is 455 g/mol. The number of morpholine rings is 1. The maximum absolute atomic E-state index is 6.04. The molecule has 34 heavy (non-hydrogen) atoms. The van der Waals surface area contributed by atoms with Crippen molar-refractivity contribution in [2.75, 3.05) is 20.3 Å². The summed E-state index contributed by atoms with van der Waals surface area (Å²) >= 11 is 0. The van der Waals surface area contributed by atoms with Crippen LogP contribution in [0.4, 0.5) is 0 Å². The highest BCUT2D eigenvalue weighted by molar-refractivity contribution is 5.37. The Labute approximate surface area is 202 Å². The van der Waals surface area contributed by atoms with E-state index < -0.39 is 0 Å². The third-order valence-electron chi connectivity index (χ3n) is 8.21. The molecule has 6 atom stereocenters. The lowest BCUT2D eigenvalue weighted by molar-refractivity contribution is -0.158. The third kappa shape index (κ3) is 3.94. The molecule has 3 aromatic carbocycles. The minimum absolute atomic E-state index is 0.309. The lowest BCUT2D eigenvalue weighted by atomic mass is 9.66. The largest absolute Gasteiger partial charge is 0.496 e. The van der Waals surface area contributed by atoms with Gasteiger partial charge in [0, 0.05) is 42.2 Å². The van der Waals surface area contributed by atoms with Gasteiger partial charge in [0.2, 0.25) is 0 Å². The fourth-order valence-corrected chi connectivity index (χ4v) is 6.88. The molecule has 4 aliphatic rings. The standard InChI is InChI=1S/C30H34N2O2/c1-33-27-15-9-8-14-23(27)18-31-29-24-16-25-19-34-20-26(17-24)32(25)30(29)28(21-10-4-2-5-11-21)22-12-6-3-7-13-22/h2-15,24-26,28-31H,16-20H2,1H3/t24?,25-,26+,29-,30-/m0/s1. The molecule has 1 N–H and O–H groups in total. The number of benzene rings is 3. The van der Waals surface area contributed by atoms with Crippen molar-refractivity contribution in [1.29, 1.82) is 0 Å². The van der Waals surface area contributed by atoms with Crippen molar-refractivity contribution in [1.82, 2.24) is 10.2 Å². The summed E-state index contributed by atoms with van der Waals surface area (Å²) in [5.74, 6) is 1.92. The first-order valence-corrected chi connectivity index (χ1v) is 12.6. The monoisotopic (exact) mass is 454 g/mol. The molecule has 0 spiro atoms. The zero-order valence-electron chi connectivity index (χ0n) is 19.8. The predicted molar refractivity (Wildman–Crippen MR) is 135 cm³/mol. The predicted octanol–water partition coefficient (Wildman–Crippen LogP) is 4.85. The summed E-state index contributed by atoms with van der Waals surface area (Å²) in [7, 11) is 1.76. The van der Waals surface area contributed by atoms with Crippen molar-refractivity contribution >= 4 is 0 Å². The van der Waals surface area contributed by atoms with Gasteiger partial charge in [-0.15, -0.1) is 0 Å². The number of hydrogen-bond donors (Lipinski definition) is 1. The van der Waals surface area contributed by atoms with Gasteiger partial charge >= 0.3 is 0 Å². The zero-order chi connectivity index (χ0) is 22.9. The van der Waals surface area contributed by atoms with E-state index in [9.17, 15) is 0 Å². The molecular weight excluding hydrogens is 420 g/mol. The number of fused-ring (bicyclic) bond motifs is 1. The highest BCUT2D eigenvalue weighted by atomic mass is 16.5. The summed E-state index contributed by atoms with van der Waals surface area (Å²) in [6, 6.07) is 32.4. The SMILES string of the molecule is COc1ccccc1CN[C@H]1C2C[C@H]3COC[C@@H](C2)N3[C@H]1C(c1ccccc1)c1ccccc1. The molecule has 2 unspecified atom stereocenters. The summed E-state index contributed by atoms with van der Waals surface area (Å²) in [6.45, 7) is 2.54. The number of nitrogens with one attached hydrogen (secondary N) is 1. The molecule has 0 amide bonds. The Hall–Kier alpha value is -2.66. The Balaban J connectivity index is 1.40. The van der Waals surface area contributed by atoms with Crippen LogP contribution in [0.2, 0.25) is 0 Å². The second kappa shape index (κ2) is 9.53. The Morgan fingerprint density at radius 2 is 1.44 bits per heavy atom. The average Bonchev–Trinajstić information content (AvgIpc) is 2.89. The van der Waals surface area contributed by atoms with Crippen LogP contribution >= 0.6 is 0 Å². The van der Waals surface area contributed by atoms with Crippen LogP contribution in [0.3, 0.4) is 0 Å². The minimum atomic E-state index is 0.309. The Bertz CT molecular complexity index is 1040. The zero-order valence-corrected chi connectivity index (χ0v) is 19.8. The van der Waals surface area contributed by atoms with Gasteiger partial charge in [-0.05, 0) is 36.0 Å². The van der Waals surface area contributed by atoms with Crippen LogP contribution in [0.25, 0.3) is 0 Å². The van der Waals surface area contributed by atoms with Crippen molar-refractivity contribution < 1.29 is 9.47 Å². The highest BCUT2D eigenvalue weighted by Gasteiger charge is 2.55. The molecule has 4 nitrogen and oxygen atoms in total. The normalized spacial score (nSPS) is 29.8. The van der Waals surface area contributed by atoms with Gasteiger partial charge in [-0.1, -0.05) is 78.9 Å². The Morgan fingerprint density at radius 3 is 2.06 bits per heavy atom. The number of nitrogens with zero attached hydrogens (tertiary/aromatic N) is 1. The van der Waals surface area contributed by atoms with Crippen LogP contribution in [0.5, 0.6) is 5.75 Å². The van der Waals surface area contributed by atoms with Gasteiger partial charge in [0.05, 0.1) is 20.3 Å². The summed E-state index contributed by atoms with van der Waals surface area (Å²) in [6.07, 6.45) is 2.43. The number of methoxy groups -OCH3 is 1. The van der Waals surface area contributed by atoms with E-state index in [4.69, 9.17) is 9.47 Å². The summed E-state index contributed by atoms with van der Waals surface area (Å²) in [4.78, 5) is 2.84. The first-order chi connectivity index (χ1) is 16.8. The van der Waals surface area contributed by atoms with Gasteiger partial charge < -0.3 is 14.8 Å². The molecule has 0 saturated carbocycles. The second-order valence-electron chi connectivity index (χ2n) is 10.0. The molecular formula is C30H34N2O2. The van der Waals surface area contributed by atoms with Crippen molar-refractivity contribution in [3.05, 3.63) is 102 Å². The van der Waals surface area contributed by atoms with Crippen molar-refractivity contribution in [3.63, 3.8) is 0 Å². The molecule has 4 bridgehead atoms. The van der Waals surface area contributed by atoms with E-state index in [1.165, 1.54) is 29.5 Å². The maximum Gasteiger partial charge on any atom is 0.123 e. The van der Waals surface area contributed by atoms with Gasteiger partial charge in [0.1, 0.15) is 5.75 Å². The fourth-order valence-electron chi connectivity index (χ4n) is 6.88. The lowest BCUT2D eigenvalue weighted by Crippen LogP contribution is -2.73. The van der Waals surface area contributed by atoms with Crippen molar-refractivity contribution in [2.45, 2.75) is 49.5 Å². The van der Waals surface area contributed by atoms with E-state index in [1.54, 1.807) is 7.11 Å². The van der Waals surface area contributed by atoms with E-state index in [1.807, 2.05) is 6.07 Å². The van der Waals surface area contributed by atoms with E-state index >= 15 is 0 Å². The third-order valence-corrected chi connectivity index (χ3v) is 8.21. The lowest BCUT2D eigenvalue weighted by Gasteiger charge is -2.62. The van der Waals surface area contributed by atoms with Crippen molar-refractivity contribution in [3.8, 4) is 5.75 Å². The quantitative estimate of drug-likeness (QED) is 0.554. The van der Waals surface area contributed by atoms with Gasteiger partial charge in [-0.2, -0.15) is 0 Å². The molecule has 3 aromatic rings. The smallest absolute Gasteiger partial charge is 0.123 e. The van der Waals surface area contributed by atoms with Gasteiger partial charge in [-0.3, -0.25) is 4.90 Å².